The molecular weight excluding hydrogens is 266 g/mol. The zero-order valence-corrected chi connectivity index (χ0v) is 12.2. The average molecular weight is 282 g/mol. The molecule has 0 aliphatic rings. The van der Waals surface area contributed by atoms with Crippen LogP contribution in [0.1, 0.15) is 0 Å². The molecule has 104 valence electrons. The molecule has 0 N–H and O–H groups in total. The van der Waals surface area contributed by atoms with Crippen molar-refractivity contribution in [1.82, 2.24) is 0 Å². The van der Waals surface area contributed by atoms with Gasteiger partial charge in [-0.25, -0.2) is 0 Å². The number of fused-ring (bicyclic) bond motifs is 1. The molecule has 0 amide bonds. The summed E-state index contributed by atoms with van der Waals surface area (Å²) in [5, 5.41) is 2.52. The summed E-state index contributed by atoms with van der Waals surface area (Å²) in [6, 6.07) is 31.8. The number of rotatable bonds is 2. The summed E-state index contributed by atoms with van der Waals surface area (Å²) in [5.41, 5.74) is 3.63. The van der Waals surface area contributed by atoms with Crippen molar-refractivity contribution >= 4 is 10.8 Å². The zero-order chi connectivity index (χ0) is 14.8. The Hall–Kier alpha value is -2.93. The molecule has 1 nitrogen and oxygen atoms in total. The predicted molar refractivity (Wildman–Crippen MR) is 90.9 cm³/mol. The molecule has 1 heterocycles. The normalized spacial score (nSPS) is 10.7. The van der Waals surface area contributed by atoms with E-state index in [9.17, 15) is 0 Å². The lowest BCUT2D eigenvalue weighted by Crippen LogP contribution is -2.33. The van der Waals surface area contributed by atoms with Gasteiger partial charge in [0.1, 0.15) is 0 Å². The lowest BCUT2D eigenvalue weighted by Gasteiger charge is -2.07. The van der Waals surface area contributed by atoms with Crippen LogP contribution < -0.4 is 4.57 Å². The third kappa shape index (κ3) is 2.17. The van der Waals surface area contributed by atoms with Crippen LogP contribution in [0, 0.1) is 0 Å². The lowest BCUT2D eigenvalue weighted by molar-refractivity contribution is -0.582. The van der Waals surface area contributed by atoms with Gasteiger partial charge in [0.2, 0.25) is 11.4 Å². The molecule has 0 aliphatic carbocycles. The van der Waals surface area contributed by atoms with E-state index in [-0.39, 0.29) is 0 Å². The standard InChI is InChI=1S/C21H16N/c1-3-10-18(11-4-1)21-20-14-8-7-9-17(20)15-16-22(21)19-12-5-2-6-13-19/h1-16H/q+1. The molecule has 0 spiro atoms. The molecule has 0 bridgehead atoms. The van der Waals surface area contributed by atoms with Gasteiger partial charge in [0.15, 0.2) is 6.20 Å². The van der Waals surface area contributed by atoms with Crippen molar-refractivity contribution in [3.05, 3.63) is 97.2 Å². The summed E-state index contributed by atoms with van der Waals surface area (Å²) < 4.78 is 2.26. The molecule has 4 rings (SSSR count). The van der Waals surface area contributed by atoms with E-state index in [4.69, 9.17) is 0 Å². The summed E-state index contributed by atoms with van der Waals surface area (Å²) in [7, 11) is 0. The highest BCUT2D eigenvalue weighted by atomic mass is 15.0. The Balaban J connectivity index is 2.09. The van der Waals surface area contributed by atoms with Crippen molar-refractivity contribution in [3.63, 3.8) is 0 Å². The van der Waals surface area contributed by atoms with Crippen molar-refractivity contribution in [1.29, 1.82) is 0 Å². The van der Waals surface area contributed by atoms with Crippen molar-refractivity contribution in [2.75, 3.05) is 0 Å². The summed E-state index contributed by atoms with van der Waals surface area (Å²) >= 11 is 0. The molecule has 0 saturated heterocycles. The van der Waals surface area contributed by atoms with E-state index in [2.05, 4.69) is 95.7 Å². The first-order valence-electron chi connectivity index (χ1n) is 7.48. The first-order chi connectivity index (χ1) is 10.9. The van der Waals surface area contributed by atoms with Gasteiger partial charge >= 0.3 is 0 Å². The van der Waals surface area contributed by atoms with E-state index in [0.717, 1.165) is 0 Å². The highest BCUT2D eigenvalue weighted by Crippen LogP contribution is 2.26. The quantitative estimate of drug-likeness (QED) is 0.466. The Morgan fingerprint density at radius 3 is 1.95 bits per heavy atom. The average Bonchev–Trinajstić information content (AvgIpc) is 2.62. The van der Waals surface area contributed by atoms with Crippen molar-refractivity contribution in [3.8, 4) is 16.9 Å². The van der Waals surface area contributed by atoms with Crippen LogP contribution in [0.5, 0.6) is 0 Å². The van der Waals surface area contributed by atoms with Gasteiger partial charge in [0.25, 0.3) is 0 Å². The summed E-state index contributed by atoms with van der Waals surface area (Å²) in [5.74, 6) is 0. The van der Waals surface area contributed by atoms with Gasteiger partial charge in [-0.15, -0.1) is 0 Å². The molecule has 0 radical (unpaired) electrons. The minimum Gasteiger partial charge on any atom is -0.159 e. The predicted octanol–water partition coefficient (Wildman–Crippen LogP) is 4.78. The molecule has 22 heavy (non-hydrogen) atoms. The fraction of sp³-hybridized carbons (Fsp3) is 0. The van der Waals surface area contributed by atoms with Crippen LogP contribution in [0.25, 0.3) is 27.7 Å². The van der Waals surface area contributed by atoms with Gasteiger partial charge in [-0.3, -0.25) is 0 Å². The largest absolute Gasteiger partial charge is 0.226 e. The Morgan fingerprint density at radius 2 is 1.18 bits per heavy atom. The Labute approximate surface area is 130 Å². The Kier molecular flexibility index (Phi) is 3.17. The van der Waals surface area contributed by atoms with Crippen molar-refractivity contribution in [2.45, 2.75) is 0 Å². The number of hydrogen-bond acceptors (Lipinski definition) is 0. The maximum Gasteiger partial charge on any atom is 0.226 e. The van der Waals surface area contributed by atoms with Crippen LogP contribution in [-0.4, -0.2) is 0 Å². The zero-order valence-electron chi connectivity index (χ0n) is 12.2. The highest BCUT2D eigenvalue weighted by molar-refractivity contribution is 5.92. The Morgan fingerprint density at radius 1 is 0.545 bits per heavy atom. The maximum atomic E-state index is 2.26. The molecule has 0 aliphatic heterocycles. The van der Waals surface area contributed by atoms with Crippen LogP contribution in [0.2, 0.25) is 0 Å². The van der Waals surface area contributed by atoms with Gasteiger partial charge in [-0.1, -0.05) is 54.6 Å². The van der Waals surface area contributed by atoms with E-state index < -0.39 is 0 Å². The first kappa shape index (κ1) is 12.8. The van der Waals surface area contributed by atoms with E-state index in [1.165, 1.54) is 27.7 Å². The summed E-state index contributed by atoms with van der Waals surface area (Å²) in [6.45, 7) is 0. The van der Waals surface area contributed by atoms with Crippen LogP contribution in [0.4, 0.5) is 0 Å². The highest BCUT2D eigenvalue weighted by Gasteiger charge is 2.18. The van der Waals surface area contributed by atoms with Crippen LogP contribution in [0.15, 0.2) is 97.2 Å². The van der Waals surface area contributed by atoms with Crippen LogP contribution >= 0.6 is 0 Å². The van der Waals surface area contributed by atoms with Gasteiger partial charge in [0, 0.05) is 23.8 Å². The molecule has 1 heteroatoms. The fourth-order valence-corrected chi connectivity index (χ4v) is 2.91. The van der Waals surface area contributed by atoms with Gasteiger partial charge in [-0.05, 0) is 23.6 Å². The van der Waals surface area contributed by atoms with Gasteiger partial charge in [0.05, 0.1) is 5.39 Å². The Bertz CT molecular complexity index is 912. The molecule has 0 unspecified atom stereocenters. The monoisotopic (exact) mass is 282 g/mol. The number of para-hydroxylation sites is 1. The van der Waals surface area contributed by atoms with E-state index in [0.29, 0.717) is 0 Å². The number of pyridine rings is 1. The minimum atomic E-state index is 1.17. The molecule has 0 saturated carbocycles. The minimum absolute atomic E-state index is 1.17. The third-order valence-corrected chi connectivity index (χ3v) is 3.94. The SMILES string of the molecule is c1ccc(-c2c3ccccc3cc[n+]2-c2ccccc2)cc1. The van der Waals surface area contributed by atoms with Crippen LogP contribution in [-0.2, 0) is 0 Å². The van der Waals surface area contributed by atoms with Gasteiger partial charge in [-0.2, -0.15) is 4.57 Å². The van der Waals surface area contributed by atoms with Crippen molar-refractivity contribution < 1.29 is 4.57 Å². The number of aromatic nitrogens is 1. The van der Waals surface area contributed by atoms with Crippen LogP contribution in [0.3, 0.4) is 0 Å². The second-order valence-electron chi connectivity index (χ2n) is 5.32. The number of hydrogen-bond donors (Lipinski definition) is 0. The van der Waals surface area contributed by atoms with Gasteiger partial charge < -0.3 is 0 Å². The molecule has 0 fully saturated rings. The number of benzene rings is 3. The fourth-order valence-electron chi connectivity index (χ4n) is 2.91. The molecule has 1 aromatic heterocycles. The summed E-state index contributed by atoms with van der Waals surface area (Å²) in [6.07, 6.45) is 2.15. The molecular formula is C21H16N+. The maximum absolute atomic E-state index is 2.26. The summed E-state index contributed by atoms with van der Waals surface area (Å²) in [4.78, 5) is 0. The molecule has 3 aromatic carbocycles. The van der Waals surface area contributed by atoms with Crippen molar-refractivity contribution in [2.24, 2.45) is 0 Å². The van der Waals surface area contributed by atoms with E-state index in [1.807, 2.05) is 6.07 Å². The molecule has 4 aromatic rings. The van der Waals surface area contributed by atoms with E-state index >= 15 is 0 Å². The van der Waals surface area contributed by atoms with E-state index in [1.54, 1.807) is 0 Å². The molecule has 0 atom stereocenters. The lowest BCUT2D eigenvalue weighted by atomic mass is 10.0. The number of nitrogens with zero attached hydrogens (tertiary/aromatic N) is 1. The first-order valence-corrected chi connectivity index (χ1v) is 7.48. The second kappa shape index (κ2) is 5.45. The topological polar surface area (TPSA) is 3.88 Å². The third-order valence-electron chi connectivity index (χ3n) is 3.94. The smallest absolute Gasteiger partial charge is 0.159 e. The second-order valence-corrected chi connectivity index (χ2v) is 5.32.